The lowest BCUT2D eigenvalue weighted by Crippen LogP contribution is -2.28. The van der Waals surface area contributed by atoms with E-state index in [2.05, 4.69) is 22.4 Å². The molecule has 0 radical (unpaired) electrons. The molecule has 0 spiro atoms. The fraction of sp³-hybridized carbons (Fsp3) is 0.750. The van der Waals surface area contributed by atoms with Gasteiger partial charge in [-0.15, -0.1) is 12.4 Å². The number of rotatable bonds is 4. The van der Waals surface area contributed by atoms with Crippen molar-refractivity contribution in [2.24, 2.45) is 10.1 Å². The topological polar surface area (TPSA) is 46.0 Å². The molecular formula is C8H16ClN3O. The molecule has 0 saturated carbocycles. The molecule has 0 aliphatic carbocycles. The molecule has 1 heterocycles. The lowest BCUT2D eigenvalue weighted by atomic mass is 10.3. The summed E-state index contributed by atoms with van der Waals surface area (Å²) in [5.41, 5.74) is 0.966. The first-order chi connectivity index (χ1) is 5.93. The largest absolute Gasteiger partial charge is 0.396 e. The van der Waals surface area contributed by atoms with E-state index in [0.717, 1.165) is 25.1 Å². The fourth-order valence-corrected chi connectivity index (χ4v) is 0.842. The highest BCUT2D eigenvalue weighted by Crippen LogP contribution is 1.90. The Morgan fingerprint density at radius 1 is 1.69 bits per heavy atom. The van der Waals surface area contributed by atoms with Gasteiger partial charge in [0.05, 0.1) is 25.1 Å². The molecule has 13 heavy (non-hydrogen) atoms. The molecule has 0 atom stereocenters. The zero-order valence-electron chi connectivity index (χ0n) is 7.82. The summed E-state index contributed by atoms with van der Waals surface area (Å²) in [6, 6.07) is 0. The van der Waals surface area contributed by atoms with Crippen LogP contribution in [-0.4, -0.2) is 31.7 Å². The van der Waals surface area contributed by atoms with Gasteiger partial charge < -0.3 is 10.2 Å². The first-order valence-electron chi connectivity index (χ1n) is 4.33. The number of nitrogens with one attached hydrogen (secondary N) is 1. The van der Waals surface area contributed by atoms with Gasteiger partial charge in [-0.2, -0.15) is 0 Å². The van der Waals surface area contributed by atoms with Crippen molar-refractivity contribution in [1.82, 2.24) is 5.32 Å². The van der Waals surface area contributed by atoms with Crippen molar-refractivity contribution in [2.45, 2.75) is 19.8 Å². The van der Waals surface area contributed by atoms with Gasteiger partial charge in [0.25, 0.3) is 0 Å². The minimum Gasteiger partial charge on any atom is -0.396 e. The Bertz CT molecular complexity index is 182. The van der Waals surface area contributed by atoms with Crippen molar-refractivity contribution < 1.29 is 4.84 Å². The van der Waals surface area contributed by atoms with Gasteiger partial charge >= 0.3 is 0 Å². The zero-order valence-corrected chi connectivity index (χ0v) is 8.64. The molecule has 1 aliphatic heterocycles. The zero-order chi connectivity index (χ0) is 8.65. The monoisotopic (exact) mass is 205 g/mol. The highest BCUT2D eigenvalue weighted by atomic mass is 35.5. The van der Waals surface area contributed by atoms with Crippen molar-refractivity contribution in [3.8, 4) is 0 Å². The van der Waals surface area contributed by atoms with Crippen molar-refractivity contribution in [3.05, 3.63) is 0 Å². The molecule has 1 rings (SSSR count). The molecule has 0 bridgehead atoms. The summed E-state index contributed by atoms with van der Waals surface area (Å²) in [5, 5.41) is 6.93. The Labute approximate surface area is 84.8 Å². The predicted octanol–water partition coefficient (Wildman–Crippen LogP) is 1.21. The number of oxime groups is 1. The van der Waals surface area contributed by atoms with Crippen molar-refractivity contribution in [1.29, 1.82) is 0 Å². The highest BCUT2D eigenvalue weighted by molar-refractivity contribution is 5.92. The third-order valence-corrected chi connectivity index (χ3v) is 1.55. The molecule has 1 aliphatic rings. The molecule has 0 amide bonds. The molecule has 5 heteroatoms. The lowest BCUT2D eigenvalue weighted by molar-refractivity contribution is 0.140. The standard InChI is InChI=1S/C8H15N3O.ClH/c1-2-3-4-12-11-8-5-9-7-10-6-8;/h7H,2-6H2,1H3,(H,9,10);1H. The van der Waals surface area contributed by atoms with Crippen LogP contribution >= 0.6 is 12.4 Å². The Balaban J connectivity index is 0.00000144. The van der Waals surface area contributed by atoms with Gasteiger partial charge in [-0.3, -0.25) is 4.99 Å². The quantitative estimate of drug-likeness (QED) is 0.554. The molecule has 4 nitrogen and oxygen atoms in total. The molecular weight excluding hydrogens is 190 g/mol. The second-order valence-corrected chi connectivity index (χ2v) is 2.69. The van der Waals surface area contributed by atoms with Crippen LogP contribution in [0.2, 0.25) is 0 Å². The smallest absolute Gasteiger partial charge is 0.117 e. The fourth-order valence-electron chi connectivity index (χ4n) is 0.842. The van der Waals surface area contributed by atoms with Crippen molar-refractivity contribution in [2.75, 3.05) is 19.7 Å². The van der Waals surface area contributed by atoms with Crippen LogP contribution in [0.5, 0.6) is 0 Å². The van der Waals surface area contributed by atoms with Gasteiger partial charge in [0.1, 0.15) is 6.61 Å². The molecule has 0 unspecified atom stereocenters. The number of halogens is 1. The number of aliphatic imine (C=N–C) groups is 1. The summed E-state index contributed by atoms with van der Waals surface area (Å²) in [6.45, 7) is 4.27. The summed E-state index contributed by atoms with van der Waals surface area (Å²) >= 11 is 0. The lowest BCUT2D eigenvalue weighted by Gasteiger charge is -2.07. The maximum Gasteiger partial charge on any atom is 0.117 e. The van der Waals surface area contributed by atoms with E-state index in [4.69, 9.17) is 4.84 Å². The Hall–Kier alpha value is -0.770. The molecule has 76 valence electrons. The van der Waals surface area contributed by atoms with Crippen LogP contribution in [0.1, 0.15) is 19.8 Å². The van der Waals surface area contributed by atoms with E-state index < -0.39 is 0 Å². The molecule has 0 aromatic carbocycles. The third-order valence-electron chi connectivity index (χ3n) is 1.55. The van der Waals surface area contributed by atoms with Crippen LogP contribution in [0.25, 0.3) is 0 Å². The van der Waals surface area contributed by atoms with E-state index in [9.17, 15) is 0 Å². The second kappa shape index (κ2) is 7.86. The summed E-state index contributed by atoms with van der Waals surface area (Å²) in [6.07, 6.45) is 3.90. The van der Waals surface area contributed by atoms with E-state index in [0.29, 0.717) is 13.2 Å². The number of unbranched alkanes of at least 4 members (excludes halogenated alkanes) is 1. The second-order valence-electron chi connectivity index (χ2n) is 2.69. The summed E-state index contributed by atoms with van der Waals surface area (Å²) in [5.74, 6) is 0. The Morgan fingerprint density at radius 3 is 3.15 bits per heavy atom. The van der Waals surface area contributed by atoms with Crippen molar-refractivity contribution in [3.63, 3.8) is 0 Å². The highest BCUT2D eigenvalue weighted by Gasteiger charge is 2.01. The Morgan fingerprint density at radius 2 is 2.54 bits per heavy atom. The maximum absolute atomic E-state index is 5.09. The van der Waals surface area contributed by atoms with Crippen LogP contribution in [0, 0.1) is 0 Å². The van der Waals surface area contributed by atoms with E-state index in [1.54, 1.807) is 6.34 Å². The predicted molar refractivity (Wildman–Crippen MR) is 56.9 cm³/mol. The molecule has 0 fully saturated rings. The number of nitrogens with zero attached hydrogens (tertiary/aromatic N) is 2. The average Bonchev–Trinajstić information content (AvgIpc) is 2.14. The van der Waals surface area contributed by atoms with Gasteiger partial charge in [-0.25, -0.2) is 0 Å². The SMILES string of the molecule is CCCCO/N=C1/CN=CNC1.Cl. The van der Waals surface area contributed by atoms with Crippen LogP contribution < -0.4 is 5.32 Å². The van der Waals surface area contributed by atoms with Gasteiger partial charge in [0.2, 0.25) is 0 Å². The Kier molecular flexibility index (Phi) is 7.39. The average molecular weight is 206 g/mol. The minimum atomic E-state index is 0. The number of hydrogen-bond donors (Lipinski definition) is 1. The molecule has 0 saturated heterocycles. The molecule has 1 N–H and O–H groups in total. The van der Waals surface area contributed by atoms with Crippen LogP contribution in [-0.2, 0) is 4.84 Å². The van der Waals surface area contributed by atoms with Crippen LogP contribution in [0.4, 0.5) is 0 Å². The van der Waals surface area contributed by atoms with E-state index in [-0.39, 0.29) is 12.4 Å². The van der Waals surface area contributed by atoms with Crippen LogP contribution in [0.15, 0.2) is 10.1 Å². The maximum atomic E-state index is 5.09. The van der Waals surface area contributed by atoms with Gasteiger partial charge in [0, 0.05) is 0 Å². The molecule has 0 aromatic rings. The third kappa shape index (κ3) is 5.47. The first-order valence-corrected chi connectivity index (χ1v) is 4.33. The van der Waals surface area contributed by atoms with Gasteiger partial charge in [-0.05, 0) is 6.42 Å². The summed E-state index contributed by atoms with van der Waals surface area (Å²) in [7, 11) is 0. The minimum absolute atomic E-state index is 0. The summed E-state index contributed by atoms with van der Waals surface area (Å²) < 4.78 is 0. The van der Waals surface area contributed by atoms with Gasteiger partial charge in [0.15, 0.2) is 0 Å². The van der Waals surface area contributed by atoms with Crippen LogP contribution in [0.3, 0.4) is 0 Å². The normalized spacial score (nSPS) is 17.8. The van der Waals surface area contributed by atoms with Crippen molar-refractivity contribution >= 4 is 24.5 Å². The summed E-state index contributed by atoms with van der Waals surface area (Å²) in [4.78, 5) is 9.10. The van der Waals surface area contributed by atoms with Gasteiger partial charge in [-0.1, -0.05) is 18.5 Å². The van der Waals surface area contributed by atoms with E-state index in [1.807, 2.05) is 0 Å². The van der Waals surface area contributed by atoms with E-state index >= 15 is 0 Å². The molecule has 0 aromatic heterocycles. The van der Waals surface area contributed by atoms with E-state index in [1.165, 1.54) is 0 Å². The number of hydrogen-bond acceptors (Lipinski definition) is 4. The first kappa shape index (κ1) is 12.2.